The van der Waals surface area contributed by atoms with E-state index in [1.165, 1.54) is 24.3 Å². The van der Waals surface area contributed by atoms with E-state index in [4.69, 9.17) is 0 Å². The summed E-state index contributed by atoms with van der Waals surface area (Å²) < 4.78 is 12.8. The zero-order chi connectivity index (χ0) is 14.0. The fraction of sp³-hybridized carbons (Fsp3) is 0.385. The number of halogens is 1. The molecule has 1 aliphatic rings. The molecule has 1 saturated heterocycles. The van der Waals surface area contributed by atoms with E-state index in [0.717, 1.165) is 4.90 Å². The molecule has 1 heterocycles. The van der Waals surface area contributed by atoms with Crippen LogP contribution in [-0.4, -0.2) is 45.7 Å². The Morgan fingerprint density at radius 2 is 2.05 bits per heavy atom. The lowest BCUT2D eigenvalue weighted by Crippen LogP contribution is -2.44. The Morgan fingerprint density at radius 1 is 1.42 bits per heavy atom. The maximum atomic E-state index is 12.8. The van der Waals surface area contributed by atoms with Crippen molar-refractivity contribution < 1.29 is 24.2 Å². The number of amides is 1. The van der Waals surface area contributed by atoms with E-state index in [2.05, 4.69) is 0 Å². The molecule has 102 valence electrons. The summed E-state index contributed by atoms with van der Waals surface area (Å²) in [6.45, 7) is 0.0248. The molecule has 0 aromatic heterocycles. The van der Waals surface area contributed by atoms with Crippen molar-refractivity contribution in [1.29, 1.82) is 0 Å². The number of aliphatic hydroxyl groups excluding tert-OH is 1. The molecule has 0 radical (unpaired) electrons. The first-order valence-electron chi connectivity index (χ1n) is 5.92. The number of aliphatic carboxylic acids is 1. The summed E-state index contributed by atoms with van der Waals surface area (Å²) in [4.78, 5) is 24.0. The molecule has 0 spiro atoms. The number of carbonyl (C=O) groups excluding carboxylic acids is 1. The lowest BCUT2D eigenvalue weighted by atomic mass is 10.0. The molecular weight excluding hydrogens is 253 g/mol. The number of carbonyl (C=O) groups is 2. The molecule has 1 aromatic carbocycles. The minimum absolute atomic E-state index is 0.0248. The number of hydrogen-bond donors (Lipinski definition) is 2. The van der Waals surface area contributed by atoms with Gasteiger partial charge < -0.3 is 15.1 Å². The van der Waals surface area contributed by atoms with Gasteiger partial charge in [-0.2, -0.15) is 0 Å². The first-order valence-corrected chi connectivity index (χ1v) is 5.92. The van der Waals surface area contributed by atoms with Crippen LogP contribution in [0.15, 0.2) is 24.3 Å². The summed E-state index contributed by atoms with van der Waals surface area (Å²) in [5, 5.41) is 18.6. The van der Waals surface area contributed by atoms with Gasteiger partial charge in [0.2, 0.25) is 5.91 Å². The van der Waals surface area contributed by atoms with E-state index in [-0.39, 0.29) is 25.3 Å². The van der Waals surface area contributed by atoms with Gasteiger partial charge in [-0.05, 0) is 17.7 Å². The topological polar surface area (TPSA) is 77.8 Å². The fourth-order valence-corrected chi connectivity index (χ4v) is 2.19. The summed E-state index contributed by atoms with van der Waals surface area (Å²) in [5.74, 6) is -1.91. The number of nitrogens with zero attached hydrogens (tertiary/aromatic N) is 1. The molecule has 1 fully saturated rings. The van der Waals surface area contributed by atoms with Crippen LogP contribution in [0.5, 0.6) is 0 Å². The number of hydrogen-bond acceptors (Lipinski definition) is 3. The second-order valence-electron chi connectivity index (χ2n) is 4.59. The number of rotatable bonds is 4. The van der Waals surface area contributed by atoms with Crippen LogP contribution in [0.1, 0.15) is 12.0 Å². The quantitative estimate of drug-likeness (QED) is 0.828. The van der Waals surface area contributed by atoms with Crippen LogP contribution in [0.3, 0.4) is 0 Å². The summed E-state index contributed by atoms with van der Waals surface area (Å²) >= 11 is 0. The molecule has 1 aromatic rings. The Hall–Kier alpha value is -1.95. The van der Waals surface area contributed by atoms with Crippen molar-refractivity contribution >= 4 is 11.9 Å². The van der Waals surface area contributed by atoms with Crippen LogP contribution in [0.2, 0.25) is 0 Å². The van der Waals surface area contributed by atoms with Crippen molar-refractivity contribution in [2.45, 2.75) is 25.0 Å². The lowest BCUT2D eigenvalue weighted by Gasteiger charge is -2.24. The van der Waals surface area contributed by atoms with Crippen molar-refractivity contribution in [1.82, 2.24) is 4.90 Å². The highest BCUT2D eigenvalue weighted by atomic mass is 19.1. The first kappa shape index (κ1) is 13.5. The van der Waals surface area contributed by atoms with Crippen LogP contribution >= 0.6 is 0 Å². The molecule has 0 saturated carbocycles. The zero-order valence-corrected chi connectivity index (χ0v) is 10.1. The van der Waals surface area contributed by atoms with Crippen molar-refractivity contribution in [3.8, 4) is 0 Å². The number of carboxylic acids is 1. The van der Waals surface area contributed by atoms with E-state index in [9.17, 15) is 24.2 Å². The van der Waals surface area contributed by atoms with Crippen LogP contribution in [0.4, 0.5) is 4.39 Å². The van der Waals surface area contributed by atoms with Gasteiger partial charge in [-0.1, -0.05) is 12.1 Å². The summed E-state index contributed by atoms with van der Waals surface area (Å²) in [7, 11) is 0. The van der Waals surface area contributed by atoms with Crippen molar-refractivity contribution in [2.75, 3.05) is 6.54 Å². The van der Waals surface area contributed by atoms with Crippen molar-refractivity contribution in [2.24, 2.45) is 0 Å². The average molecular weight is 267 g/mol. The highest BCUT2D eigenvalue weighted by Crippen LogP contribution is 2.18. The smallest absolute Gasteiger partial charge is 0.326 e. The van der Waals surface area contributed by atoms with Gasteiger partial charge in [-0.15, -0.1) is 0 Å². The third-order valence-electron chi connectivity index (χ3n) is 3.14. The molecule has 0 aliphatic carbocycles. The Bertz CT molecular complexity index is 488. The molecule has 5 nitrogen and oxygen atoms in total. The minimum atomic E-state index is -1.13. The second kappa shape index (κ2) is 5.36. The van der Waals surface area contributed by atoms with Gasteiger partial charge in [-0.3, -0.25) is 4.79 Å². The maximum absolute atomic E-state index is 12.8. The summed E-state index contributed by atoms with van der Waals surface area (Å²) in [5.41, 5.74) is 0.628. The normalized spacial score (nSPS) is 20.6. The van der Waals surface area contributed by atoms with Gasteiger partial charge in [0.05, 0.1) is 12.5 Å². The SMILES string of the molecule is O=C(O)C(Cc1ccc(F)cc1)N1CC(O)CC1=O. The third kappa shape index (κ3) is 3.08. The molecule has 2 unspecified atom stereocenters. The van der Waals surface area contributed by atoms with Gasteiger partial charge in [0.15, 0.2) is 0 Å². The minimum Gasteiger partial charge on any atom is -0.480 e. The Labute approximate surface area is 109 Å². The number of carboxylic acid groups (broad SMARTS) is 1. The molecule has 1 amide bonds. The number of benzene rings is 1. The van der Waals surface area contributed by atoms with E-state index < -0.39 is 23.9 Å². The number of β-amino-alcohol motifs (C(OH)–C–C–N with tert-alkyl or cyclic N) is 1. The molecule has 0 bridgehead atoms. The lowest BCUT2D eigenvalue weighted by molar-refractivity contribution is -0.148. The monoisotopic (exact) mass is 267 g/mol. The van der Waals surface area contributed by atoms with E-state index in [1.807, 2.05) is 0 Å². The molecule has 2 atom stereocenters. The van der Waals surface area contributed by atoms with Crippen LogP contribution in [0, 0.1) is 5.82 Å². The Balaban J connectivity index is 2.15. The predicted molar refractivity (Wildman–Crippen MR) is 63.9 cm³/mol. The number of aliphatic hydroxyl groups is 1. The summed E-state index contributed by atoms with van der Waals surface area (Å²) in [6, 6.07) is 4.43. The van der Waals surface area contributed by atoms with Crippen molar-refractivity contribution in [3.05, 3.63) is 35.6 Å². The van der Waals surface area contributed by atoms with Crippen LogP contribution < -0.4 is 0 Å². The molecule has 1 aliphatic heterocycles. The Morgan fingerprint density at radius 3 is 2.53 bits per heavy atom. The molecule has 6 heteroatoms. The average Bonchev–Trinajstić information content (AvgIpc) is 2.67. The second-order valence-corrected chi connectivity index (χ2v) is 4.59. The predicted octanol–water partition coefficient (Wildman–Crippen LogP) is 0.415. The zero-order valence-electron chi connectivity index (χ0n) is 10.1. The van der Waals surface area contributed by atoms with Gasteiger partial charge in [-0.25, -0.2) is 9.18 Å². The van der Waals surface area contributed by atoms with E-state index in [0.29, 0.717) is 5.56 Å². The highest BCUT2D eigenvalue weighted by Gasteiger charge is 2.36. The fourth-order valence-electron chi connectivity index (χ4n) is 2.19. The van der Waals surface area contributed by atoms with Crippen molar-refractivity contribution in [3.63, 3.8) is 0 Å². The molecule has 2 N–H and O–H groups in total. The summed E-state index contributed by atoms with van der Waals surface area (Å²) in [6.07, 6.45) is -0.774. The third-order valence-corrected chi connectivity index (χ3v) is 3.14. The molecule has 19 heavy (non-hydrogen) atoms. The Kier molecular flexibility index (Phi) is 3.80. The molecular formula is C13H14FNO4. The highest BCUT2D eigenvalue weighted by molar-refractivity contribution is 5.85. The first-order chi connectivity index (χ1) is 8.97. The molecule has 2 rings (SSSR count). The van der Waals surface area contributed by atoms with Gasteiger partial charge >= 0.3 is 5.97 Å². The number of likely N-dealkylation sites (tertiary alicyclic amines) is 1. The van der Waals surface area contributed by atoms with Crippen LogP contribution in [0.25, 0.3) is 0 Å². The van der Waals surface area contributed by atoms with E-state index >= 15 is 0 Å². The van der Waals surface area contributed by atoms with Gasteiger partial charge in [0.25, 0.3) is 0 Å². The largest absolute Gasteiger partial charge is 0.480 e. The van der Waals surface area contributed by atoms with Gasteiger partial charge in [0.1, 0.15) is 11.9 Å². The van der Waals surface area contributed by atoms with Gasteiger partial charge in [0, 0.05) is 13.0 Å². The van der Waals surface area contributed by atoms with E-state index in [1.54, 1.807) is 0 Å². The standard InChI is InChI=1S/C13H14FNO4/c14-9-3-1-8(2-4-9)5-11(13(18)19)15-7-10(16)6-12(15)17/h1-4,10-11,16H,5-7H2,(H,18,19). The van der Waals surface area contributed by atoms with Crippen LogP contribution in [-0.2, 0) is 16.0 Å². The maximum Gasteiger partial charge on any atom is 0.326 e.